The number of hydrogen-bond acceptors (Lipinski definition) is 5. The van der Waals surface area contributed by atoms with Crippen LogP contribution in [0.2, 0.25) is 0 Å². The first-order chi connectivity index (χ1) is 6.11. The lowest BCUT2D eigenvalue weighted by Crippen LogP contribution is -2.57. The van der Waals surface area contributed by atoms with Gasteiger partial charge in [-0.25, -0.2) is 0 Å². The van der Waals surface area contributed by atoms with Gasteiger partial charge in [0.25, 0.3) is 0 Å². The van der Waals surface area contributed by atoms with Crippen LogP contribution in [0, 0.1) is 0 Å². The van der Waals surface area contributed by atoms with E-state index in [0.717, 1.165) is 0 Å². The van der Waals surface area contributed by atoms with Crippen molar-refractivity contribution in [3.8, 4) is 0 Å². The Morgan fingerprint density at radius 1 is 1.08 bits per heavy atom. The van der Waals surface area contributed by atoms with Gasteiger partial charge in [-0.15, -0.1) is 0 Å². The number of aliphatic hydroxyl groups is 2. The average Bonchev–Trinajstić information content (AvgIpc) is 2.13. The Balaban J connectivity index is 2.69. The van der Waals surface area contributed by atoms with Crippen molar-refractivity contribution in [2.24, 2.45) is 0 Å². The zero-order chi connectivity index (χ0) is 10.0. The van der Waals surface area contributed by atoms with E-state index in [9.17, 15) is 10.2 Å². The summed E-state index contributed by atoms with van der Waals surface area (Å²) in [6, 6.07) is 0. The normalized spacial score (nSPS) is 46.4. The number of hydrogen-bond donors (Lipinski definition) is 2. The van der Waals surface area contributed by atoms with E-state index in [-0.39, 0.29) is 0 Å². The summed E-state index contributed by atoms with van der Waals surface area (Å²) in [6.45, 7) is 1.67. The standard InChI is InChI=1S/C8H16O5/c1-4-5(9)6(10)7(11-2)8(12-3)13-4/h4-10H,1-3H3/t4-,5-,6-,7+,8+/m0/s1. The zero-order valence-electron chi connectivity index (χ0n) is 8.01. The van der Waals surface area contributed by atoms with Crippen LogP contribution in [0.25, 0.3) is 0 Å². The largest absolute Gasteiger partial charge is 0.388 e. The maximum atomic E-state index is 9.57. The summed E-state index contributed by atoms with van der Waals surface area (Å²) in [5.74, 6) is 0. The molecular weight excluding hydrogens is 176 g/mol. The van der Waals surface area contributed by atoms with Crippen molar-refractivity contribution in [3.63, 3.8) is 0 Å². The van der Waals surface area contributed by atoms with Crippen LogP contribution in [0.15, 0.2) is 0 Å². The van der Waals surface area contributed by atoms with Crippen LogP contribution in [0.3, 0.4) is 0 Å². The fourth-order valence-corrected chi connectivity index (χ4v) is 1.44. The quantitative estimate of drug-likeness (QED) is 0.594. The zero-order valence-corrected chi connectivity index (χ0v) is 8.01. The first-order valence-electron chi connectivity index (χ1n) is 4.19. The Morgan fingerprint density at radius 2 is 1.69 bits per heavy atom. The van der Waals surface area contributed by atoms with Gasteiger partial charge < -0.3 is 24.4 Å². The molecule has 78 valence electrons. The molecule has 1 rings (SSSR count). The van der Waals surface area contributed by atoms with Gasteiger partial charge in [-0.05, 0) is 6.92 Å². The highest BCUT2D eigenvalue weighted by atomic mass is 16.7. The van der Waals surface area contributed by atoms with Crippen molar-refractivity contribution in [2.45, 2.75) is 37.6 Å². The number of aliphatic hydroxyl groups excluding tert-OH is 2. The maximum absolute atomic E-state index is 9.57. The first kappa shape index (κ1) is 10.9. The van der Waals surface area contributed by atoms with Crippen molar-refractivity contribution in [3.05, 3.63) is 0 Å². The van der Waals surface area contributed by atoms with Crippen LogP contribution in [-0.2, 0) is 14.2 Å². The van der Waals surface area contributed by atoms with Crippen LogP contribution in [0.1, 0.15) is 6.92 Å². The van der Waals surface area contributed by atoms with Gasteiger partial charge in [0.15, 0.2) is 6.29 Å². The topological polar surface area (TPSA) is 68.2 Å². The van der Waals surface area contributed by atoms with E-state index in [4.69, 9.17) is 14.2 Å². The summed E-state index contributed by atoms with van der Waals surface area (Å²) < 4.78 is 15.2. The molecule has 0 radical (unpaired) electrons. The van der Waals surface area contributed by atoms with Crippen LogP contribution >= 0.6 is 0 Å². The molecule has 0 aromatic heterocycles. The number of methoxy groups -OCH3 is 2. The lowest BCUT2D eigenvalue weighted by molar-refractivity contribution is -0.291. The first-order valence-corrected chi connectivity index (χ1v) is 4.19. The fourth-order valence-electron chi connectivity index (χ4n) is 1.44. The van der Waals surface area contributed by atoms with E-state index >= 15 is 0 Å². The monoisotopic (exact) mass is 192 g/mol. The van der Waals surface area contributed by atoms with Crippen LogP contribution in [-0.4, -0.2) is 55.1 Å². The molecule has 5 heteroatoms. The number of rotatable bonds is 2. The van der Waals surface area contributed by atoms with Gasteiger partial charge in [0.2, 0.25) is 0 Å². The van der Waals surface area contributed by atoms with Gasteiger partial charge in [-0.3, -0.25) is 0 Å². The molecule has 13 heavy (non-hydrogen) atoms. The Morgan fingerprint density at radius 3 is 2.15 bits per heavy atom. The molecule has 0 aliphatic carbocycles. The molecular formula is C8H16O5. The smallest absolute Gasteiger partial charge is 0.186 e. The average molecular weight is 192 g/mol. The molecule has 5 nitrogen and oxygen atoms in total. The van der Waals surface area contributed by atoms with E-state index in [1.165, 1.54) is 14.2 Å². The Kier molecular flexibility index (Phi) is 3.63. The summed E-state index contributed by atoms with van der Waals surface area (Å²) >= 11 is 0. The highest BCUT2D eigenvalue weighted by Crippen LogP contribution is 2.22. The SMILES string of the molecule is CO[C@@H]1O[C@@H](C)[C@H](O)[C@H](O)[C@H]1OC. The predicted molar refractivity (Wildman–Crippen MR) is 44.2 cm³/mol. The lowest BCUT2D eigenvalue weighted by Gasteiger charge is -2.39. The second-order valence-corrected chi connectivity index (χ2v) is 3.13. The van der Waals surface area contributed by atoms with Crippen molar-refractivity contribution < 1.29 is 24.4 Å². The molecule has 0 saturated carbocycles. The molecule has 2 N–H and O–H groups in total. The van der Waals surface area contributed by atoms with Gasteiger partial charge in [0, 0.05) is 14.2 Å². The third-order valence-electron chi connectivity index (χ3n) is 2.29. The minimum absolute atomic E-state index is 0.452. The number of ether oxygens (including phenoxy) is 3. The summed E-state index contributed by atoms with van der Waals surface area (Å²) in [5, 5.41) is 19.0. The second-order valence-electron chi connectivity index (χ2n) is 3.13. The van der Waals surface area contributed by atoms with E-state index in [1.54, 1.807) is 6.92 Å². The van der Waals surface area contributed by atoms with Gasteiger partial charge in [0.1, 0.15) is 18.3 Å². The maximum Gasteiger partial charge on any atom is 0.186 e. The molecule has 1 aliphatic rings. The molecule has 1 fully saturated rings. The molecule has 1 aliphatic heterocycles. The van der Waals surface area contributed by atoms with Crippen molar-refractivity contribution in [2.75, 3.05) is 14.2 Å². The van der Waals surface area contributed by atoms with Crippen LogP contribution < -0.4 is 0 Å². The van der Waals surface area contributed by atoms with Gasteiger partial charge >= 0.3 is 0 Å². The van der Waals surface area contributed by atoms with E-state index < -0.39 is 30.7 Å². The molecule has 0 bridgehead atoms. The molecule has 0 amide bonds. The predicted octanol–water partition coefficient (Wildman–Crippen LogP) is -0.886. The van der Waals surface area contributed by atoms with Crippen LogP contribution in [0.4, 0.5) is 0 Å². The highest BCUT2D eigenvalue weighted by Gasteiger charge is 2.43. The van der Waals surface area contributed by atoms with E-state index in [1.807, 2.05) is 0 Å². The molecule has 0 aromatic rings. The van der Waals surface area contributed by atoms with E-state index in [0.29, 0.717) is 0 Å². The van der Waals surface area contributed by atoms with Gasteiger partial charge in [-0.2, -0.15) is 0 Å². The molecule has 5 atom stereocenters. The molecule has 0 aromatic carbocycles. The third kappa shape index (κ3) is 2.00. The summed E-state index contributed by atoms with van der Waals surface area (Å²) in [6.07, 6.45) is -3.63. The van der Waals surface area contributed by atoms with Crippen molar-refractivity contribution >= 4 is 0 Å². The van der Waals surface area contributed by atoms with Crippen molar-refractivity contribution in [1.82, 2.24) is 0 Å². The minimum atomic E-state index is -0.973. The third-order valence-corrected chi connectivity index (χ3v) is 2.29. The molecule has 1 saturated heterocycles. The van der Waals surface area contributed by atoms with Gasteiger partial charge in [-0.1, -0.05) is 0 Å². The molecule has 0 unspecified atom stereocenters. The summed E-state index contributed by atoms with van der Waals surface area (Å²) in [7, 11) is 2.90. The van der Waals surface area contributed by atoms with Crippen molar-refractivity contribution in [1.29, 1.82) is 0 Å². The van der Waals surface area contributed by atoms with E-state index in [2.05, 4.69) is 0 Å². The Hall–Kier alpha value is -0.200. The lowest BCUT2D eigenvalue weighted by atomic mass is 10.00. The Labute approximate surface area is 77.2 Å². The van der Waals surface area contributed by atoms with Gasteiger partial charge in [0.05, 0.1) is 6.10 Å². The summed E-state index contributed by atoms with van der Waals surface area (Å²) in [4.78, 5) is 0. The summed E-state index contributed by atoms with van der Waals surface area (Å²) in [5.41, 5.74) is 0. The Bertz CT molecular complexity index is 161. The second kappa shape index (κ2) is 4.34. The fraction of sp³-hybridized carbons (Fsp3) is 1.00. The highest BCUT2D eigenvalue weighted by molar-refractivity contribution is 4.87. The molecule has 1 heterocycles. The molecule has 0 spiro atoms. The van der Waals surface area contributed by atoms with Crippen LogP contribution in [0.5, 0.6) is 0 Å². The minimum Gasteiger partial charge on any atom is -0.388 e.